The first-order valence-electron chi connectivity index (χ1n) is 8.08. The summed E-state index contributed by atoms with van der Waals surface area (Å²) in [6.07, 6.45) is 0. The molecule has 0 aliphatic rings. The van der Waals surface area contributed by atoms with E-state index in [4.69, 9.17) is 0 Å². The first kappa shape index (κ1) is 16.1. The van der Waals surface area contributed by atoms with E-state index >= 15 is 0 Å². The van der Waals surface area contributed by atoms with E-state index in [0.717, 1.165) is 33.4 Å². The van der Waals surface area contributed by atoms with E-state index in [1.165, 1.54) is 5.56 Å². The standard InChI is InChI=1S/C20H23N3O/c1-13-9-14(2)18-11-15(20(24)22-19(18)10-13)12-21-16-5-7-17(8-6-16)23(3)4/h5-11,21H,12H2,1-4H3,(H,22,24). The summed E-state index contributed by atoms with van der Waals surface area (Å²) in [5, 5.41) is 4.42. The molecule has 1 aromatic heterocycles. The Morgan fingerprint density at radius 1 is 1.04 bits per heavy atom. The van der Waals surface area contributed by atoms with E-state index in [-0.39, 0.29) is 5.56 Å². The zero-order valence-electron chi connectivity index (χ0n) is 14.6. The molecule has 0 aliphatic heterocycles. The maximum atomic E-state index is 12.3. The molecule has 0 saturated heterocycles. The number of benzene rings is 2. The number of fused-ring (bicyclic) bond motifs is 1. The highest BCUT2D eigenvalue weighted by atomic mass is 16.1. The molecule has 4 heteroatoms. The van der Waals surface area contributed by atoms with Crippen molar-refractivity contribution in [1.29, 1.82) is 0 Å². The number of H-pyrrole nitrogens is 1. The normalized spacial score (nSPS) is 10.8. The molecule has 0 atom stereocenters. The molecule has 0 radical (unpaired) electrons. The second-order valence-electron chi connectivity index (χ2n) is 6.46. The summed E-state index contributed by atoms with van der Waals surface area (Å²) in [5.41, 5.74) is 6.09. The van der Waals surface area contributed by atoms with Crippen LogP contribution in [0.1, 0.15) is 16.7 Å². The van der Waals surface area contributed by atoms with Crippen LogP contribution >= 0.6 is 0 Å². The van der Waals surface area contributed by atoms with Crippen LogP contribution in [0.15, 0.2) is 47.3 Å². The molecule has 0 fully saturated rings. The smallest absolute Gasteiger partial charge is 0.253 e. The maximum Gasteiger partial charge on any atom is 0.253 e. The first-order chi connectivity index (χ1) is 11.4. The van der Waals surface area contributed by atoms with Crippen LogP contribution in [0.3, 0.4) is 0 Å². The highest BCUT2D eigenvalue weighted by molar-refractivity contribution is 5.83. The van der Waals surface area contributed by atoms with Crippen molar-refractivity contribution in [1.82, 2.24) is 4.98 Å². The van der Waals surface area contributed by atoms with Crippen LogP contribution in [0.2, 0.25) is 0 Å². The number of hydrogen-bond donors (Lipinski definition) is 2. The number of rotatable bonds is 4. The van der Waals surface area contributed by atoms with Crippen LogP contribution in [0, 0.1) is 13.8 Å². The minimum absolute atomic E-state index is 0.0371. The van der Waals surface area contributed by atoms with Gasteiger partial charge in [-0.25, -0.2) is 0 Å². The Kier molecular flexibility index (Phi) is 4.30. The zero-order valence-corrected chi connectivity index (χ0v) is 14.6. The molecule has 0 amide bonds. The summed E-state index contributed by atoms with van der Waals surface area (Å²) < 4.78 is 0. The number of anilines is 2. The Bertz CT molecular complexity index is 924. The van der Waals surface area contributed by atoms with Crippen molar-refractivity contribution in [3.05, 3.63) is 69.5 Å². The number of nitrogens with one attached hydrogen (secondary N) is 2. The van der Waals surface area contributed by atoms with Crippen molar-refractivity contribution >= 4 is 22.3 Å². The SMILES string of the molecule is Cc1cc(C)c2cc(CNc3ccc(N(C)C)cc3)c(=O)[nH]c2c1. The van der Waals surface area contributed by atoms with E-state index in [1.807, 2.05) is 45.3 Å². The minimum Gasteiger partial charge on any atom is -0.381 e. The molecule has 0 spiro atoms. The molecule has 4 nitrogen and oxygen atoms in total. The van der Waals surface area contributed by atoms with Crippen LogP contribution in [0.25, 0.3) is 10.9 Å². The van der Waals surface area contributed by atoms with Crippen LogP contribution < -0.4 is 15.8 Å². The number of nitrogens with zero attached hydrogens (tertiary/aromatic N) is 1. The minimum atomic E-state index is -0.0371. The van der Waals surface area contributed by atoms with Gasteiger partial charge in [0.1, 0.15) is 0 Å². The molecule has 124 valence electrons. The molecule has 0 aliphatic carbocycles. The highest BCUT2D eigenvalue weighted by Gasteiger charge is 2.06. The van der Waals surface area contributed by atoms with Gasteiger partial charge < -0.3 is 15.2 Å². The van der Waals surface area contributed by atoms with Crippen LogP contribution in [-0.2, 0) is 6.54 Å². The second kappa shape index (κ2) is 6.40. The third-order valence-electron chi connectivity index (χ3n) is 4.26. The average Bonchev–Trinajstić information content (AvgIpc) is 2.53. The van der Waals surface area contributed by atoms with E-state index in [9.17, 15) is 4.79 Å². The summed E-state index contributed by atoms with van der Waals surface area (Å²) in [5.74, 6) is 0. The van der Waals surface area contributed by atoms with Gasteiger partial charge in [0.15, 0.2) is 0 Å². The third-order valence-corrected chi connectivity index (χ3v) is 4.26. The van der Waals surface area contributed by atoms with Crippen LogP contribution in [-0.4, -0.2) is 19.1 Å². The second-order valence-corrected chi connectivity index (χ2v) is 6.46. The molecule has 2 aromatic carbocycles. The van der Waals surface area contributed by atoms with Gasteiger partial charge in [0.25, 0.3) is 5.56 Å². The Balaban J connectivity index is 1.85. The van der Waals surface area contributed by atoms with Crippen molar-refractivity contribution in [3.8, 4) is 0 Å². The Labute approximate surface area is 142 Å². The molecular weight excluding hydrogens is 298 g/mol. The van der Waals surface area contributed by atoms with Crippen molar-refractivity contribution < 1.29 is 0 Å². The molecule has 1 heterocycles. The van der Waals surface area contributed by atoms with Crippen molar-refractivity contribution in [2.75, 3.05) is 24.3 Å². The molecule has 24 heavy (non-hydrogen) atoms. The van der Waals surface area contributed by atoms with E-state index in [0.29, 0.717) is 6.54 Å². The average molecular weight is 321 g/mol. The Morgan fingerprint density at radius 2 is 1.75 bits per heavy atom. The quantitative estimate of drug-likeness (QED) is 0.768. The van der Waals surface area contributed by atoms with E-state index in [1.54, 1.807) is 0 Å². The van der Waals surface area contributed by atoms with E-state index in [2.05, 4.69) is 40.3 Å². The fourth-order valence-electron chi connectivity index (χ4n) is 2.92. The predicted molar refractivity (Wildman–Crippen MR) is 102 cm³/mol. The number of aromatic amines is 1. The van der Waals surface area contributed by atoms with E-state index < -0.39 is 0 Å². The lowest BCUT2D eigenvalue weighted by Gasteiger charge is -2.13. The number of aromatic nitrogens is 1. The molecule has 0 bridgehead atoms. The zero-order chi connectivity index (χ0) is 17.3. The van der Waals surface area contributed by atoms with Gasteiger partial charge in [-0.2, -0.15) is 0 Å². The van der Waals surface area contributed by atoms with Gasteiger partial charge in [-0.1, -0.05) is 6.07 Å². The lowest BCUT2D eigenvalue weighted by atomic mass is 10.0. The summed E-state index contributed by atoms with van der Waals surface area (Å²) in [7, 11) is 4.03. The molecule has 3 rings (SSSR count). The van der Waals surface area contributed by atoms with Gasteiger partial charge in [-0.05, 0) is 61.4 Å². The molecular formula is C20H23N3O. The maximum absolute atomic E-state index is 12.3. The van der Waals surface area contributed by atoms with Gasteiger partial charge in [-0.15, -0.1) is 0 Å². The van der Waals surface area contributed by atoms with Gasteiger partial charge >= 0.3 is 0 Å². The third kappa shape index (κ3) is 3.27. The predicted octanol–water partition coefficient (Wildman–Crippen LogP) is 3.82. The summed E-state index contributed by atoms with van der Waals surface area (Å²) in [6, 6.07) is 14.3. The lowest BCUT2D eigenvalue weighted by molar-refractivity contribution is 1.09. The van der Waals surface area contributed by atoms with Gasteiger partial charge in [0.2, 0.25) is 0 Å². The number of pyridine rings is 1. The first-order valence-corrected chi connectivity index (χ1v) is 8.08. The van der Waals surface area contributed by atoms with Crippen LogP contribution in [0.5, 0.6) is 0 Å². The summed E-state index contributed by atoms with van der Waals surface area (Å²) >= 11 is 0. The van der Waals surface area contributed by atoms with Crippen molar-refractivity contribution in [2.45, 2.75) is 20.4 Å². The largest absolute Gasteiger partial charge is 0.381 e. The van der Waals surface area contributed by atoms with Crippen molar-refractivity contribution in [3.63, 3.8) is 0 Å². The number of hydrogen-bond acceptors (Lipinski definition) is 3. The number of aryl methyl sites for hydroxylation is 2. The Hall–Kier alpha value is -2.75. The van der Waals surface area contributed by atoms with Gasteiger partial charge in [-0.3, -0.25) is 4.79 Å². The molecule has 0 unspecified atom stereocenters. The Morgan fingerprint density at radius 3 is 2.42 bits per heavy atom. The fourth-order valence-corrected chi connectivity index (χ4v) is 2.92. The van der Waals surface area contributed by atoms with Gasteiger partial charge in [0, 0.05) is 48.5 Å². The lowest BCUT2D eigenvalue weighted by Crippen LogP contribution is -2.16. The van der Waals surface area contributed by atoms with Crippen molar-refractivity contribution in [2.24, 2.45) is 0 Å². The fraction of sp³-hybridized carbons (Fsp3) is 0.250. The topological polar surface area (TPSA) is 48.1 Å². The molecule has 0 saturated carbocycles. The summed E-state index contributed by atoms with van der Waals surface area (Å²) in [6.45, 7) is 4.61. The van der Waals surface area contributed by atoms with Gasteiger partial charge in [0.05, 0.1) is 0 Å². The van der Waals surface area contributed by atoms with Crippen LogP contribution in [0.4, 0.5) is 11.4 Å². The summed E-state index contributed by atoms with van der Waals surface area (Å²) in [4.78, 5) is 17.4. The monoisotopic (exact) mass is 321 g/mol. The molecule has 2 N–H and O–H groups in total. The highest BCUT2D eigenvalue weighted by Crippen LogP contribution is 2.19. The molecule has 3 aromatic rings.